The summed E-state index contributed by atoms with van der Waals surface area (Å²) in [5, 5.41) is 0. The van der Waals surface area contributed by atoms with E-state index in [0.717, 1.165) is 32.4 Å². The summed E-state index contributed by atoms with van der Waals surface area (Å²) in [5.41, 5.74) is 8.53. The molecule has 0 aliphatic carbocycles. The molecule has 0 aromatic heterocycles. The van der Waals surface area contributed by atoms with Gasteiger partial charge in [0.2, 0.25) is 5.91 Å². The van der Waals surface area contributed by atoms with Crippen LogP contribution < -0.4 is 5.73 Å². The summed E-state index contributed by atoms with van der Waals surface area (Å²) in [4.78, 5) is 14.3. The zero-order valence-corrected chi connectivity index (χ0v) is 13.9. The number of piperidine rings is 1. The van der Waals surface area contributed by atoms with Crippen molar-refractivity contribution in [3.05, 3.63) is 35.4 Å². The predicted octanol–water partition coefficient (Wildman–Crippen LogP) is 2.94. The number of benzene rings is 1. The van der Waals surface area contributed by atoms with Crippen LogP contribution in [0.4, 0.5) is 0 Å². The predicted molar refractivity (Wildman–Crippen MR) is 89.7 cm³/mol. The monoisotopic (exact) mass is 310 g/mol. The fourth-order valence-electron chi connectivity index (χ4n) is 2.96. The molecule has 118 valence electrons. The summed E-state index contributed by atoms with van der Waals surface area (Å²) in [6, 6.07) is 8.48. The van der Waals surface area contributed by atoms with E-state index in [2.05, 4.69) is 19.1 Å². The van der Waals surface area contributed by atoms with E-state index in [-0.39, 0.29) is 24.4 Å². The van der Waals surface area contributed by atoms with Gasteiger partial charge in [-0.3, -0.25) is 4.79 Å². The van der Waals surface area contributed by atoms with Crippen LogP contribution in [0.1, 0.15) is 37.3 Å². The first-order valence-electron chi connectivity index (χ1n) is 7.66. The zero-order valence-electron chi connectivity index (χ0n) is 13.0. The van der Waals surface area contributed by atoms with Crippen LogP contribution in [0.15, 0.2) is 24.3 Å². The van der Waals surface area contributed by atoms with Crippen LogP contribution in [0.3, 0.4) is 0 Å². The van der Waals surface area contributed by atoms with Gasteiger partial charge in [0.1, 0.15) is 0 Å². The van der Waals surface area contributed by atoms with Gasteiger partial charge in [0.05, 0.1) is 0 Å². The first kappa shape index (κ1) is 18.0. The SMILES string of the molecule is Cc1ccccc1CCC(=O)N1CCCC(C(C)N)C1.Cl. The Bertz CT molecular complexity index is 462. The molecule has 1 heterocycles. The largest absolute Gasteiger partial charge is 0.342 e. The summed E-state index contributed by atoms with van der Waals surface area (Å²) in [7, 11) is 0. The van der Waals surface area contributed by atoms with E-state index in [0.29, 0.717) is 12.3 Å². The van der Waals surface area contributed by atoms with Crippen molar-refractivity contribution in [3.63, 3.8) is 0 Å². The highest BCUT2D eigenvalue weighted by Crippen LogP contribution is 2.20. The van der Waals surface area contributed by atoms with Gasteiger partial charge in [0, 0.05) is 25.6 Å². The number of carbonyl (C=O) groups excluding carboxylic acids is 1. The number of nitrogens with zero attached hydrogens (tertiary/aromatic N) is 1. The number of amides is 1. The van der Waals surface area contributed by atoms with Gasteiger partial charge in [0.15, 0.2) is 0 Å². The van der Waals surface area contributed by atoms with E-state index >= 15 is 0 Å². The molecule has 1 aromatic carbocycles. The maximum absolute atomic E-state index is 12.3. The Morgan fingerprint density at radius 3 is 2.81 bits per heavy atom. The first-order valence-corrected chi connectivity index (χ1v) is 7.66. The van der Waals surface area contributed by atoms with E-state index in [4.69, 9.17) is 5.73 Å². The number of rotatable bonds is 4. The number of halogens is 1. The summed E-state index contributed by atoms with van der Waals surface area (Å²) >= 11 is 0. The number of aryl methyl sites for hydroxylation is 2. The molecule has 2 atom stereocenters. The van der Waals surface area contributed by atoms with Crippen molar-refractivity contribution in [2.24, 2.45) is 11.7 Å². The molecule has 1 aromatic rings. The molecule has 0 spiro atoms. The molecule has 3 nitrogen and oxygen atoms in total. The minimum atomic E-state index is 0. The molecule has 0 saturated carbocycles. The second-order valence-electron chi connectivity index (χ2n) is 6.03. The second kappa shape index (κ2) is 8.40. The molecule has 0 bridgehead atoms. The number of carbonyl (C=O) groups is 1. The number of likely N-dealkylation sites (tertiary alicyclic amines) is 1. The minimum absolute atomic E-state index is 0. The Balaban J connectivity index is 0.00000220. The highest BCUT2D eigenvalue weighted by Gasteiger charge is 2.25. The van der Waals surface area contributed by atoms with Crippen molar-refractivity contribution < 1.29 is 4.79 Å². The third kappa shape index (κ3) is 5.01. The molecule has 2 N–H and O–H groups in total. The molecule has 1 saturated heterocycles. The molecule has 1 aliphatic rings. The van der Waals surface area contributed by atoms with Gasteiger partial charge in [-0.15, -0.1) is 12.4 Å². The standard InChI is InChI=1S/C17H26N2O.ClH/c1-13-6-3-4-7-15(13)9-10-17(20)19-11-5-8-16(12-19)14(2)18;/h3-4,6-7,14,16H,5,8-12,18H2,1-2H3;1H. The van der Waals surface area contributed by atoms with E-state index in [1.165, 1.54) is 11.1 Å². The van der Waals surface area contributed by atoms with Crippen LogP contribution >= 0.6 is 12.4 Å². The molecule has 2 unspecified atom stereocenters. The minimum Gasteiger partial charge on any atom is -0.342 e. The van der Waals surface area contributed by atoms with Gasteiger partial charge in [-0.05, 0) is 50.2 Å². The van der Waals surface area contributed by atoms with Crippen molar-refractivity contribution in [3.8, 4) is 0 Å². The smallest absolute Gasteiger partial charge is 0.222 e. The van der Waals surface area contributed by atoms with Crippen molar-refractivity contribution in [1.82, 2.24) is 4.90 Å². The molecule has 4 heteroatoms. The molecule has 1 amide bonds. The number of nitrogens with two attached hydrogens (primary N) is 1. The van der Waals surface area contributed by atoms with Crippen molar-refractivity contribution in [2.75, 3.05) is 13.1 Å². The van der Waals surface area contributed by atoms with Gasteiger partial charge in [0.25, 0.3) is 0 Å². The Hall–Kier alpha value is -1.06. The van der Waals surface area contributed by atoms with Crippen LogP contribution in [-0.4, -0.2) is 29.9 Å². The molecule has 21 heavy (non-hydrogen) atoms. The quantitative estimate of drug-likeness (QED) is 0.929. The lowest BCUT2D eigenvalue weighted by atomic mass is 9.92. The van der Waals surface area contributed by atoms with E-state index in [1.54, 1.807) is 0 Å². The number of hydrogen-bond acceptors (Lipinski definition) is 2. The Morgan fingerprint density at radius 2 is 2.14 bits per heavy atom. The van der Waals surface area contributed by atoms with Crippen molar-refractivity contribution in [1.29, 1.82) is 0 Å². The van der Waals surface area contributed by atoms with E-state index < -0.39 is 0 Å². The molecule has 2 rings (SSSR count). The normalized spacial score (nSPS) is 19.8. The fourth-order valence-corrected chi connectivity index (χ4v) is 2.96. The molecule has 1 aliphatic heterocycles. The first-order chi connectivity index (χ1) is 9.58. The molecular weight excluding hydrogens is 284 g/mol. The van der Waals surface area contributed by atoms with Gasteiger partial charge >= 0.3 is 0 Å². The molecule has 0 radical (unpaired) electrons. The van der Waals surface area contributed by atoms with Gasteiger partial charge in [-0.25, -0.2) is 0 Å². The maximum Gasteiger partial charge on any atom is 0.222 e. The van der Waals surface area contributed by atoms with E-state index in [1.807, 2.05) is 24.0 Å². The van der Waals surface area contributed by atoms with Crippen molar-refractivity contribution in [2.45, 2.75) is 45.6 Å². The molecular formula is C17H27ClN2O. The summed E-state index contributed by atoms with van der Waals surface area (Å²) < 4.78 is 0. The van der Waals surface area contributed by atoms with Crippen molar-refractivity contribution >= 4 is 18.3 Å². The summed E-state index contributed by atoms with van der Waals surface area (Å²) in [5.74, 6) is 0.741. The Labute approximate surface area is 134 Å². The second-order valence-corrected chi connectivity index (χ2v) is 6.03. The third-order valence-corrected chi connectivity index (χ3v) is 4.42. The number of hydrogen-bond donors (Lipinski definition) is 1. The lowest BCUT2D eigenvalue weighted by molar-refractivity contribution is -0.133. The zero-order chi connectivity index (χ0) is 14.5. The fraction of sp³-hybridized carbons (Fsp3) is 0.588. The summed E-state index contributed by atoms with van der Waals surface area (Å²) in [6.07, 6.45) is 3.68. The third-order valence-electron chi connectivity index (χ3n) is 4.42. The van der Waals surface area contributed by atoms with Gasteiger partial charge < -0.3 is 10.6 Å². The average Bonchev–Trinajstić information content (AvgIpc) is 2.46. The highest BCUT2D eigenvalue weighted by atomic mass is 35.5. The topological polar surface area (TPSA) is 46.3 Å². The Kier molecular flexibility index (Phi) is 7.20. The average molecular weight is 311 g/mol. The van der Waals surface area contributed by atoms with Gasteiger partial charge in [-0.1, -0.05) is 24.3 Å². The van der Waals surface area contributed by atoms with Crippen LogP contribution in [0.2, 0.25) is 0 Å². The lowest BCUT2D eigenvalue weighted by Gasteiger charge is -2.34. The molecule has 1 fully saturated rings. The maximum atomic E-state index is 12.3. The van der Waals surface area contributed by atoms with Crippen LogP contribution in [0, 0.1) is 12.8 Å². The summed E-state index contributed by atoms with van der Waals surface area (Å²) in [6.45, 7) is 5.89. The van der Waals surface area contributed by atoms with Gasteiger partial charge in [-0.2, -0.15) is 0 Å². The van der Waals surface area contributed by atoms with Crippen LogP contribution in [-0.2, 0) is 11.2 Å². The van der Waals surface area contributed by atoms with Crippen LogP contribution in [0.5, 0.6) is 0 Å². The lowest BCUT2D eigenvalue weighted by Crippen LogP contribution is -2.45. The Morgan fingerprint density at radius 1 is 1.43 bits per heavy atom. The highest BCUT2D eigenvalue weighted by molar-refractivity contribution is 5.85. The van der Waals surface area contributed by atoms with Crippen LogP contribution in [0.25, 0.3) is 0 Å². The van der Waals surface area contributed by atoms with E-state index in [9.17, 15) is 4.79 Å².